The van der Waals surface area contributed by atoms with Crippen molar-refractivity contribution >= 4 is 5.91 Å². The highest BCUT2D eigenvalue weighted by molar-refractivity contribution is 5.82. The second-order valence-electron chi connectivity index (χ2n) is 3.64. The minimum Gasteiger partial charge on any atom is -0.331 e. The van der Waals surface area contributed by atoms with E-state index in [4.69, 9.17) is 0 Å². The molecule has 0 aromatic rings. The summed E-state index contributed by atoms with van der Waals surface area (Å²) in [6.45, 7) is 3.07. The van der Waals surface area contributed by atoms with Crippen LogP contribution >= 0.6 is 0 Å². The average Bonchev–Trinajstić information content (AvgIpc) is 2.64. The predicted octanol–water partition coefficient (Wildman–Crippen LogP) is 1.15. The molecular weight excluding hydrogens is 209 g/mol. The zero-order valence-electron chi connectivity index (χ0n) is 8.60. The second-order valence-corrected chi connectivity index (χ2v) is 3.64. The van der Waals surface area contributed by atoms with Gasteiger partial charge >= 0.3 is 12.1 Å². The van der Waals surface area contributed by atoms with Crippen LogP contribution in [0.3, 0.4) is 0 Å². The number of rotatable bonds is 3. The van der Waals surface area contributed by atoms with Crippen molar-refractivity contribution < 1.29 is 18.0 Å². The van der Waals surface area contributed by atoms with E-state index in [1.54, 1.807) is 6.92 Å². The van der Waals surface area contributed by atoms with Crippen molar-refractivity contribution in [3.63, 3.8) is 0 Å². The minimum atomic E-state index is -4.75. The van der Waals surface area contributed by atoms with Crippen molar-refractivity contribution in [1.29, 1.82) is 0 Å². The van der Waals surface area contributed by atoms with Gasteiger partial charge in [-0.05, 0) is 19.4 Å². The van der Waals surface area contributed by atoms with E-state index in [1.165, 1.54) is 0 Å². The van der Waals surface area contributed by atoms with Crippen molar-refractivity contribution in [2.45, 2.75) is 32.0 Å². The van der Waals surface area contributed by atoms with Gasteiger partial charge in [-0.2, -0.15) is 13.2 Å². The summed E-state index contributed by atoms with van der Waals surface area (Å²) < 4.78 is 36.8. The molecule has 0 bridgehead atoms. The summed E-state index contributed by atoms with van der Waals surface area (Å²) in [5.74, 6) is -1.71. The second kappa shape index (κ2) is 4.83. The van der Waals surface area contributed by atoms with Gasteiger partial charge in [-0.3, -0.25) is 4.79 Å². The van der Waals surface area contributed by atoms with E-state index in [-0.39, 0.29) is 12.6 Å². The van der Waals surface area contributed by atoms with Crippen LogP contribution in [-0.2, 0) is 4.79 Å². The van der Waals surface area contributed by atoms with Crippen LogP contribution in [0.25, 0.3) is 0 Å². The molecule has 0 spiro atoms. The summed E-state index contributed by atoms with van der Waals surface area (Å²) >= 11 is 0. The maximum atomic E-state index is 12.3. The topological polar surface area (TPSA) is 32.3 Å². The largest absolute Gasteiger partial charge is 0.471 e. The van der Waals surface area contributed by atoms with Crippen LogP contribution in [0.15, 0.2) is 0 Å². The fraction of sp³-hybridized carbons (Fsp3) is 0.889. The number of hydrogen-bond acceptors (Lipinski definition) is 2. The third-order valence-corrected chi connectivity index (χ3v) is 2.44. The summed E-state index contributed by atoms with van der Waals surface area (Å²) in [7, 11) is 0. The summed E-state index contributed by atoms with van der Waals surface area (Å²) in [6.07, 6.45) is -3.61. The van der Waals surface area contributed by atoms with E-state index in [1.807, 2.05) is 0 Å². The number of hydrogen-bond donors (Lipinski definition) is 1. The lowest BCUT2D eigenvalue weighted by Gasteiger charge is -2.28. The normalized spacial score (nSPS) is 21.7. The molecule has 0 aromatic heterocycles. The lowest BCUT2D eigenvalue weighted by atomic mass is 10.2. The molecule has 88 valence electrons. The number of halogens is 3. The van der Waals surface area contributed by atoms with Crippen LogP contribution in [0, 0.1) is 0 Å². The first-order valence-electron chi connectivity index (χ1n) is 5.05. The van der Waals surface area contributed by atoms with Gasteiger partial charge < -0.3 is 10.2 Å². The highest BCUT2D eigenvalue weighted by atomic mass is 19.4. The quantitative estimate of drug-likeness (QED) is 0.780. The van der Waals surface area contributed by atoms with Gasteiger partial charge in [-0.1, -0.05) is 6.92 Å². The van der Waals surface area contributed by atoms with E-state index in [9.17, 15) is 18.0 Å². The van der Waals surface area contributed by atoms with Crippen LogP contribution in [0.4, 0.5) is 13.2 Å². The van der Waals surface area contributed by atoms with Gasteiger partial charge in [0, 0.05) is 19.1 Å². The summed E-state index contributed by atoms with van der Waals surface area (Å²) in [5, 5.41) is 2.96. The third kappa shape index (κ3) is 3.09. The van der Waals surface area contributed by atoms with Crippen molar-refractivity contribution in [3.8, 4) is 0 Å². The Morgan fingerprint density at radius 3 is 2.60 bits per heavy atom. The molecule has 0 saturated carbocycles. The summed E-state index contributed by atoms with van der Waals surface area (Å²) in [6, 6.07) is -0.306. The number of carbonyl (C=O) groups is 1. The Bertz CT molecular complexity index is 224. The number of amides is 1. The predicted molar refractivity (Wildman–Crippen MR) is 49.3 cm³/mol. The molecule has 1 aliphatic rings. The molecule has 1 heterocycles. The molecule has 0 aromatic carbocycles. The smallest absolute Gasteiger partial charge is 0.331 e. The molecular formula is C9H15F3N2O. The monoisotopic (exact) mass is 224 g/mol. The number of nitrogens with zero attached hydrogens (tertiary/aromatic N) is 1. The van der Waals surface area contributed by atoms with Crippen molar-refractivity contribution in [2.24, 2.45) is 0 Å². The van der Waals surface area contributed by atoms with Gasteiger partial charge in [0.2, 0.25) is 0 Å². The molecule has 0 radical (unpaired) electrons. The Balaban J connectivity index is 2.68. The Morgan fingerprint density at radius 2 is 2.20 bits per heavy atom. The van der Waals surface area contributed by atoms with Gasteiger partial charge in [-0.25, -0.2) is 0 Å². The summed E-state index contributed by atoms with van der Waals surface area (Å²) in [5.41, 5.74) is 0. The first-order valence-corrected chi connectivity index (χ1v) is 5.05. The van der Waals surface area contributed by atoms with Gasteiger partial charge in [-0.15, -0.1) is 0 Å². The van der Waals surface area contributed by atoms with Crippen molar-refractivity contribution in [2.75, 3.05) is 19.6 Å². The van der Waals surface area contributed by atoms with E-state index in [2.05, 4.69) is 5.32 Å². The Morgan fingerprint density at radius 1 is 1.53 bits per heavy atom. The molecule has 1 N–H and O–H groups in total. The third-order valence-electron chi connectivity index (χ3n) is 2.44. The maximum absolute atomic E-state index is 12.3. The van der Waals surface area contributed by atoms with Gasteiger partial charge in [0.15, 0.2) is 0 Å². The van der Waals surface area contributed by atoms with Crippen LogP contribution in [0.1, 0.15) is 19.8 Å². The molecule has 1 saturated heterocycles. The molecule has 1 amide bonds. The fourth-order valence-electron chi connectivity index (χ4n) is 1.76. The molecule has 1 aliphatic heterocycles. The molecule has 6 heteroatoms. The molecule has 1 rings (SSSR count). The lowest BCUT2D eigenvalue weighted by molar-refractivity contribution is -0.187. The van der Waals surface area contributed by atoms with Crippen LogP contribution in [-0.4, -0.2) is 42.7 Å². The van der Waals surface area contributed by atoms with Crippen LogP contribution in [0.2, 0.25) is 0 Å². The molecule has 3 nitrogen and oxygen atoms in total. The molecule has 0 aliphatic carbocycles. The fourth-order valence-corrected chi connectivity index (χ4v) is 1.76. The lowest BCUT2D eigenvalue weighted by Crippen LogP contribution is -2.48. The first-order chi connectivity index (χ1) is 6.96. The zero-order valence-corrected chi connectivity index (χ0v) is 8.60. The van der Waals surface area contributed by atoms with E-state index in [0.717, 1.165) is 4.90 Å². The highest BCUT2D eigenvalue weighted by Gasteiger charge is 2.44. The highest BCUT2D eigenvalue weighted by Crippen LogP contribution is 2.21. The maximum Gasteiger partial charge on any atom is 0.471 e. The number of alkyl halides is 3. The molecule has 1 unspecified atom stereocenters. The van der Waals surface area contributed by atoms with Crippen LogP contribution in [0.5, 0.6) is 0 Å². The van der Waals surface area contributed by atoms with Crippen molar-refractivity contribution in [1.82, 2.24) is 10.2 Å². The van der Waals surface area contributed by atoms with E-state index in [0.29, 0.717) is 25.9 Å². The van der Waals surface area contributed by atoms with E-state index < -0.39 is 12.1 Å². The van der Waals surface area contributed by atoms with Crippen LogP contribution < -0.4 is 5.32 Å². The van der Waals surface area contributed by atoms with Gasteiger partial charge in [0.05, 0.1) is 0 Å². The van der Waals surface area contributed by atoms with Crippen molar-refractivity contribution in [3.05, 3.63) is 0 Å². The minimum absolute atomic E-state index is 0.171. The summed E-state index contributed by atoms with van der Waals surface area (Å²) in [4.78, 5) is 12.1. The average molecular weight is 224 g/mol. The molecule has 1 fully saturated rings. The first kappa shape index (κ1) is 12.3. The number of nitrogens with one attached hydrogen (secondary N) is 1. The SMILES string of the molecule is CCCN(C(=O)C(F)(F)F)C1CCNC1. The standard InChI is InChI=1S/C9H15F3N2O/c1-2-5-14(7-3-4-13-6-7)8(15)9(10,11)12/h7,13H,2-6H2,1H3. The Hall–Kier alpha value is -0.780. The van der Waals surface area contributed by atoms with Gasteiger partial charge in [0.25, 0.3) is 0 Å². The molecule has 15 heavy (non-hydrogen) atoms. The van der Waals surface area contributed by atoms with Gasteiger partial charge in [0.1, 0.15) is 0 Å². The Kier molecular flexibility index (Phi) is 3.96. The number of carbonyl (C=O) groups excluding carboxylic acids is 1. The Labute approximate surface area is 86.6 Å². The zero-order chi connectivity index (χ0) is 11.5. The van der Waals surface area contributed by atoms with E-state index >= 15 is 0 Å². The molecule has 1 atom stereocenters.